The highest BCUT2D eigenvalue weighted by Gasteiger charge is 2.11. The Labute approximate surface area is 140 Å². The fourth-order valence-electron chi connectivity index (χ4n) is 3.20. The molecule has 1 N–H and O–H groups in total. The van der Waals surface area contributed by atoms with Crippen molar-refractivity contribution < 1.29 is 9.53 Å². The standard InChI is InChI=1S/C20H31NO2/c1-3-5-8-16(4-2)14-21-20(22)15-23-19-12-11-17-9-6-7-10-18(17)13-19/h11-13,16H,3-10,14-15H2,1-2H3,(H,21,22)/t16-/m1/s1. The first-order valence-electron chi connectivity index (χ1n) is 9.24. The molecule has 0 radical (unpaired) electrons. The molecular formula is C20H31NO2. The minimum Gasteiger partial charge on any atom is -0.484 e. The van der Waals surface area contributed by atoms with Gasteiger partial charge in [-0.15, -0.1) is 0 Å². The Morgan fingerprint density at radius 2 is 2.00 bits per heavy atom. The summed E-state index contributed by atoms with van der Waals surface area (Å²) in [6.07, 6.45) is 9.61. The maximum Gasteiger partial charge on any atom is 0.257 e. The van der Waals surface area contributed by atoms with Crippen LogP contribution in [0.15, 0.2) is 18.2 Å². The van der Waals surface area contributed by atoms with Crippen molar-refractivity contribution >= 4 is 5.91 Å². The molecule has 0 saturated carbocycles. The molecule has 1 aliphatic carbocycles. The topological polar surface area (TPSA) is 38.3 Å². The Morgan fingerprint density at radius 3 is 2.74 bits per heavy atom. The van der Waals surface area contributed by atoms with Crippen LogP contribution < -0.4 is 10.1 Å². The highest BCUT2D eigenvalue weighted by atomic mass is 16.5. The normalized spacial score (nSPS) is 14.9. The largest absolute Gasteiger partial charge is 0.484 e. The van der Waals surface area contributed by atoms with E-state index in [2.05, 4.69) is 31.3 Å². The molecule has 0 fully saturated rings. The molecule has 23 heavy (non-hydrogen) atoms. The Morgan fingerprint density at radius 1 is 1.22 bits per heavy atom. The quantitative estimate of drug-likeness (QED) is 0.738. The van der Waals surface area contributed by atoms with Crippen LogP contribution in [0.25, 0.3) is 0 Å². The van der Waals surface area contributed by atoms with Gasteiger partial charge in [0.2, 0.25) is 0 Å². The van der Waals surface area contributed by atoms with Crippen molar-refractivity contribution in [3.63, 3.8) is 0 Å². The Balaban J connectivity index is 1.73. The predicted octanol–water partition coefficient (Wildman–Crippen LogP) is 4.28. The summed E-state index contributed by atoms with van der Waals surface area (Å²) in [5.74, 6) is 1.39. The van der Waals surface area contributed by atoms with E-state index in [4.69, 9.17) is 4.74 Å². The summed E-state index contributed by atoms with van der Waals surface area (Å²) in [6, 6.07) is 6.25. The molecule has 0 spiro atoms. The van der Waals surface area contributed by atoms with Crippen molar-refractivity contribution in [2.75, 3.05) is 13.2 Å². The number of ether oxygens (including phenoxy) is 1. The lowest BCUT2D eigenvalue weighted by atomic mass is 9.92. The van der Waals surface area contributed by atoms with Gasteiger partial charge in [-0.3, -0.25) is 4.79 Å². The van der Waals surface area contributed by atoms with Crippen LogP contribution in [0.2, 0.25) is 0 Å². The SMILES string of the molecule is CCCC[C@@H](CC)CNC(=O)COc1ccc2c(c1)CCCC2. The van der Waals surface area contributed by atoms with Gasteiger partial charge in [0.1, 0.15) is 5.75 Å². The second-order valence-corrected chi connectivity index (χ2v) is 6.65. The summed E-state index contributed by atoms with van der Waals surface area (Å²) in [5.41, 5.74) is 2.83. The van der Waals surface area contributed by atoms with E-state index < -0.39 is 0 Å². The zero-order valence-electron chi connectivity index (χ0n) is 14.7. The van der Waals surface area contributed by atoms with E-state index in [9.17, 15) is 4.79 Å². The Bertz CT molecular complexity index is 498. The number of nitrogens with one attached hydrogen (secondary N) is 1. The van der Waals surface area contributed by atoms with Gasteiger partial charge in [0.25, 0.3) is 5.91 Å². The van der Waals surface area contributed by atoms with Crippen LogP contribution in [0.3, 0.4) is 0 Å². The van der Waals surface area contributed by atoms with Crippen LogP contribution in [0.5, 0.6) is 5.75 Å². The number of amides is 1. The average Bonchev–Trinajstić information content (AvgIpc) is 2.60. The third-order valence-corrected chi connectivity index (χ3v) is 4.82. The van der Waals surface area contributed by atoms with Crippen molar-refractivity contribution in [1.29, 1.82) is 0 Å². The van der Waals surface area contributed by atoms with Crippen molar-refractivity contribution in [2.24, 2.45) is 5.92 Å². The minimum absolute atomic E-state index is 0.0160. The van der Waals surface area contributed by atoms with E-state index in [1.807, 2.05) is 6.07 Å². The summed E-state index contributed by atoms with van der Waals surface area (Å²) in [7, 11) is 0. The number of carbonyl (C=O) groups is 1. The monoisotopic (exact) mass is 317 g/mol. The van der Waals surface area contributed by atoms with Crippen molar-refractivity contribution in [3.8, 4) is 5.75 Å². The zero-order valence-corrected chi connectivity index (χ0v) is 14.7. The van der Waals surface area contributed by atoms with Crippen LogP contribution in [0, 0.1) is 5.92 Å². The van der Waals surface area contributed by atoms with Gasteiger partial charge in [0.05, 0.1) is 0 Å². The van der Waals surface area contributed by atoms with Crippen LogP contribution in [0.1, 0.15) is 63.5 Å². The lowest BCUT2D eigenvalue weighted by Gasteiger charge is -2.17. The molecule has 1 aliphatic rings. The molecule has 0 aromatic heterocycles. The minimum atomic E-state index is -0.0160. The van der Waals surface area contributed by atoms with Crippen LogP contribution in [0.4, 0.5) is 0 Å². The van der Waals surface area contributed by atoms with Crippen LogP contribution >= 0.6 is 0 Å². The van der Waals surface area contributed by atoms with E-state index in [1.165, 1.54) is 49.7 Å². The molecule has 1 aromatic carbocycles. The number of carbonyl (C=O) groups excluding carboxylic acids is 1. The molecule has 0 bridgehead atoms. The van der Waals surface area contributed by atoms with Gasteiger partial charge < -0.3 is 10.1 Å². The van der Waals surface area contributed by atoms with Gasteiger partial charge in [-0.25, -0.2) is 0 Å². The second-order valence-electron chi connectivity index (χ2n) is 6.65. The first-order valence-corrected chi connectivity index (χ1v) is 9.24. The number of rotatable bonds is 9. The molecule has 0 saturated heterocycles. The van der Waals surface area contributed by atoms with Gasteiger partial charge in [-0.1, -0.05) is 39.2 Å². The number of hydrogen-bond acceptors (Lipinski definition) is 2. The predicted molar refractivity (Wildman–Crippen MR) is 94.9 cm³/mol. The summed E-state index contributed by atoms with van der Waals surface area (Å²) in [6.45, 7) is 5.28. The summed E-state index contributed by atoms with van der Waals surface area (Å²) in [5, 5.41) is 3.01. The van der Waals surface area contributed by atoms with Crippen molar-refractivity contribution in [3.05, 3.63) is 29.3 Å². The second kappa shape index (κ2) is 9.59. The molecule has 3 heteroatoms. The third-order valence-electron chi connectivity index (χ3n) is 4.82. The maximum atomic E-state index is 12.0. The number of aryl methyl sites for hydroxylation is 2. The number of fused-ring (bicyclic) bond motifs is 1. The average molecular weight is 317 g/mol. The first-order chi connectivity index (χ1) is 11.2. The third kappa shape index (κ3) is 5.89. The first kappa shape index (κ1) is 17.8. The van der Waals surface area contributed by atoms with Crippen LogP contribution in [-0.2, 0) is 17.6 Å². The van der Waals surface area contributed by atoms with Crippen LogP contribution in [-0.4, -0.2) is 19.1 Å². The molecule has 3 nitrogen and oxygen atoms in total. The van der Waals surface area contributed by atoms with Crippen molar-refractivity contribution in [2.45, 2.75) is 65.2 Å². The number of hydrogen-bond donors (Lipinski definition) is 1. The van der Waals surface area contributed by atoms with E-state index in [0.717, 1.165) is 25.1 Å². The maximum absolute atomic E-state index is 12.0. The van der Waals surface area contributed by atoms with E-state index in [-0.39, 0.29) is 12.5 Å². The highest BCUT2D eigenvalue weighted by Crippen LogP contribution is 2.25. The van der Waals surface area contributed by atoms with Gasteiger partial charge in [-0.05, 0) is 61.3 Å². The van der Waals surface area contributed by atoms with Gasteiger partial charge in [-0.2, -0.15) is 0 Å². The molecule has 1 atom stereocenters. The molecule has 128 valence electrons. The number of benzene rings is 1. The van der Waals surface area contributed by atoms with E-state index >= 15 is 0 Å². The fourth-order valence-corrected chi connectivity index (χ4v) is 3.20. The molecular weight excluding hydrogens is 286 g/mol. The molecule has 2 rings (SSSR count). The summed E-state index contributed by atoms with van der Waals surface area (Å²) >= 11 is 0. The Kier molecular flexibility index (Phi) is 7.44. The summed E-state index contributed by atoms with van der Waals surface area (Å²) < 4.78 is 5.67. The Hall–Kier alpha value is -1.51. The molecule has 1 aromatic rings. The zero-order chi connectivity index (χ0) is 16.5. The molecule has 0 heterocycles. The summed E-state index contributed by atoms with van der Waals surface area (Å²) in [4.78, 5) is 12.0. The van der Waals surface area contributed by atoms with Crippen molar-refractivity contribution in [1.82, 2.24) is 5.32 Å². The van der Waals surface area contributed by atoms with Gasteiger partial charge in [0, 0.05) is 6.54 Å². The molecule has 1 amide bonds. The van der Waals surface area contributed by atoms with Gasteiger partial charge >= 0.3 is 0 Å². The fraction of sp³-hybridized carbons (Fsp3) is 0.650. The van der Waals surface area contributed by atoms with E-state index in [1.54, 1.807) is 0 Å². The lowest BCUT2D eigenvalue weighted by Crippen LogP contribution is -2.33. The number of unbranched alkanes of at least 4 members (excludes halogenated alkanes) is 1. The molecule has 0 unspecified atom stereocenters. The smallest absolute Gasteiger partial charge is 0.257 e. The van der Waals surface area contributed by atoms with E-state index in [0.29, 0.717) is 5.92 Å². The highest BCUT2D eigenvalue weighted by molar-refractivity contribution is 5.77. The molecule has 0 aliphatic heterocycles. The van der Waals surface area contributed by atoms with Gasteiger partial charge in [0.15, 0.2) is 6.61 Å². The lowest BCUT2D eigenvalue weighted by molar-refractivity contribution is -0.123.